The van der Waals surface area contributed by atoms with Gasteiger partial charge < -0.3 is 10.2 Å². The number of nitrogens with zero attached hydrogens (tertiary/aromatic N) is 2. The van der Waals surface area contributed by atoms with Crippen molar-refractivity contribution < 1.29 is 18.0 Å². The van der Waals surface area contributed by atoms with E-state index < -0.39 is 28.5 Å². The number of amides is 2. The van der Waals surface area contributed by atoms with Gasteiger partial charge in [-0.25, -0.2) is 8.42 Å². The topological polar surface area (TPSA) is 86.8 Å². The summed E-state index contributed by atoms with van der Waals surface area (Å²) in [5, 5.41) is 3.21. The maximum atomic E-state index is 14.4. The maximum Gasteiger partial charge on any atom is 0.264 e. The van der Waals surface area contributed by atoms with Gasteiger partial charge in [-0.2, -0.15) is 0 Å². The number of benzene rings is 4. The SMILES string of the molecule is CCNC(=O)[C@@H](Cc1ccccc1)N(Cc1ccc(C)cc1)C(=O)CN(c1cc(Cl)ccc1C)S(=O)(=O)c1ccccc1. The molecule has 0 aliphatic heterocycles. The van der Waals surface area contributed by atoms with E-state index >= 15 is 0 Å². The molecule has 2 amide bonds. The molecule has 0 fully saturated rings. The molecule has 4 aromatic rings. The molecular formula is C34H36ClN3O4S. The lowest BCUT2D eigenvalue weighted by Crippen LogP contribution is -2.53. The average molecular weight is 618 g/mol. The number of likely N-dealkylation sites (N-methyl/N-ethyl adjacent to an activating group) is 1. The Balaban J connectivity index is 1.81. The molecule has 4 aromatic carbocycles. The van der Waals surface area contributed by atoms with Crippen molar-refractivity contribution >= 4 is 39.1 Å². The number of rotatable bonds is 12. The quantitative estimate of drug-likeness (QED) is 0.214. The van der Waals surface area contributed by atoms with Gasteiger partial charge in [0.25, 0.3) is 10.0 Å². The van der Waals surface area contributed by atoms with Gasteiger partial charge in [0, 0.05) is 24.5 Å². The van der Waals surface area contributed by atoms with E-state index in [0.717, 1.165) is 21.0 Å². The van der Waals surface area contributed by atoms with E-state index in [2.05, 4.69) is 5.32 Å². The van der Waals surface area contributed by atoms with Crippen LogP contribution in [0.5, 0.6) is 0 Å². The third-order valence-electron chi connectivity index (χ3n) is 7.15. The normalized spacial score (nSPS) is 11.9. The predicted octanol–water partition coefficient (Wildman–Crippen LogP) is 5.93. The lowest BCUT2D eigenvalue weighted by atomic mass is 10.0. The van der Waals surface area contributed by atoms with Crippen molar-refractivity contribution in [3.63, 3.8) is 0 Å². The number of nitrogens with one attached hydrogen (secondary N) is 1. The first-order chi connectivity index (χ1) is 20.6. The molecule has 7 nitrogen and oxygen atoms in total. The summed E-state index contributed by atoms with van der Waals surface area (Å²) in [6.45, 7) is 5.52. The summed E-state index contributed by atoms with van der Waals surface area (Å²) < 4.78 is 29.2. The number of carbonyl (C=O) groups excluding carboxylic acids is 2. The van der Waals surface area contributed by atoms with Crippen LogP contribution in [-0.2, 0) is 32.6 Å². The lowest BCUT2D eigenvalue weighted by molar-refractivity contribution is -0.140. The summed E-state index contributed by atoms with van der Waals surface area (Å²) in [5.74, 6) is -0.838. The molecular weight excluding hydrogens is 582 g/mol. The van der Waals surface area contributed by atoms with E-state index in [-0.39, 0.29) is 29.5 Å². The van der Waals surface area contributed by atoms with Crippen LogP contribution in [-0.4, -0.2) is 44.3 Å². The molecule has 4 rings (SSSR count). The average Bonchev–Trinajstić information content (AvgIpc) is 3.01. The Morgan fingerprint density at radius 2 is 1.47 bits per heavy atom. The van der Waals surface area contributed by atoms with Gasteiger partial charge in [0.2, 0.25) is 11.8 Å². The van der Waals surface area contributed by atoms with Crippen LogP contribution in [0, 0.1) is 13.8 Å². The molecule has 224 valence electrons. The first-order valence-electron chi connectivity index (χ1n) is 14.1. The van der Waals surface area contributed by atoms with Gasteiger partial charge in [-0.05, 0) is 61.7 Å². The van der Waals surface area contributed by atoms with E-state index in [1.54, 1.807) is 43.3 Å². The summed E-state index contributed by atoms with van der Waals surface area (Å²) in [7, 11) is -4.19. The fourth-order valence-corrected chi connectivity index (χ4v) is 6.48. The Labute approximate surface area is 259 Å². The lowest BCUT2D eigenvalue weighted by Gasteiger charge is -2.34. The minimum absolute atomic E-state index is 0.0387. The number of aryl methyl sites for hydroxylation is 2. The summed E-state index contributed by atoms with van der Waals surface area (Å²) in [4.78, 5) is 29.5. The van der Waals surface area contributed by atoms with Crippen LogP contribution in [0.3, 0.4) is 0 Å². The molecule has 0 unspecified atom stereocenters. The van der Waals surface area contributed by atoms with E-state index in [0.29, 0.717) is 17.1 Å². The minimum Gasteiger partial charge on any atom is -0.355 e. The summed E-state index contributed by atoms with van der Waals surface area (Å²) >= 11 is 6.32. The highest BCUT2D eigenvalue weighted by molar-refractivity contribution is 7.92. The van der Waals surface area contributed by atoms with Gasteiger partial charge in [0.1, 0.15) is 12.6 Å². The Kier molecular flexibility index (Phi) is 10.6. The molecule has 1 atom stereocenters. The van der Waals surface area contributed by atoms with Crippen LogP contribution in [0.25, 0.3) is 0 Å². The highest BCUT2D eigenvalue weighted by Gasteiger charge is 2.35. The van der Waals surface area contributed by atoms with E-state index in [1.807, 2.05) is 68.4 Å². The van der Waals surface area contributed by atoms with Crippen molar-refractivity contribution in [2.45, 2.75) is 44.7 Å². The van der Waals surface area contributed by atoms with Gasteiger partial charge in [-0.15, -0.1) is 0 Å². The van der Waals surface area contributed by atoms with Crippen LogP contribution in [0.2, 0.25) is 5.02 Å². The largest absolute Gasteiger partial charge is 0.355 e. The molecule has 0 aliphatic carbocycles. The number of hydrogen-bond acceptors (Lipinski definition) is 4. The zero-order chi connectivity index (χ0) is 31.0. The highest BCUT2D eigenvalue weighted by Crippen LogP contribution is 2.30. The minimum atomic E-state index is -4.19. The Bertz CT molecular complexity index is 1650. The molecule has 0 saturated heterocycles. The first kappa shape index (κ1) is 31.8. The second kappa shape index (κ2) is 14.4. The second-order valence-electron chi connectivity index (χ2n) is 10.4. The predicted molar refractivity (Wildman–Crippen MR) is 172 cm³/mol. The van der Waals surface area contributed by atoms with Crippen molar-refractivity contribution in [2.24, 2.45) is 0 Å². The molecule has 43 heavy (non-hydrogen) atoms. The van der Waals surface area contributed by atoms with Gasteiger partial charge >= 0.3 is 0 Å². The van der Waals surface area contributed by atoms with Crippen LogP contribution in [0.15, 0.2) is 108 Å². The van der Waals surface area contributed by atoms with Crippen molar-refractivity contribution in [2.75, 3.05) is 17.4 Å². The number of carbonyl (C=O) groups is 2. The van der Waals surface area contributed by atoms with Crippen molar-refractivity contribution in [1.82, 2.24) is 10.2 Å². The summed E-state index contributed by atoms with van der Waals surface area (Å²) in [5.41, 5.74) is 3.67. The molecule has 0 aliphatic rings. The number of halogens is 1. The van der Waals surface area contributed by atoms with Gasteiger partial charge in [0.15, 0.2) is 0 Å². The molecule has 0 saturated carbocycles. The van der Waals surface area contributed by atoms with Gasteiger partial charge in [-0.3, -0.25) is 13.9 Å². The zero-order valence-electron chi connectivity index (χ0n) is 24.5. The summed E-state index contributed by atoms with van der Waals surface area (Å²) in [6.07, 6.45) is 0.256. The monoisotopic (exact) mass is 617 g/mol. The van der Waals surface area contributed by atoms with E-state index in [4.69, 9.17) is 11.6 Å². The van der Waals surface area contributed by atoms with Gasteiger partial charge in [-0.1, -0.05) is 96.0 Å². The molecule has 1 N–H and O–H groups in total. The van der Waals surface area contributed by atoms with Crippen LogP contribution in [0.4, 0.5) is 5.69 Å². The molecule has 0 radical (unpaired) electrons. The second-order valence-corrected chi connectivity index (χ2v) is 12.7. The van der Waals surface area contributed by atoms with Crippen molar-refractivity contribution in [3.05, 3.63) is 130 Å². The molecule has 0 bridgehead atoms. The Morgan fingerprint density at radius 1 is 0.837 bits per heavy atom. The van der Waals surface area contributed by atoms with Crippen LogP contribution in [0.1, 0.15) is 29.2 Å². The number of sulfonamides is 1. The summed E-state index contributed by atoms with van der Waals surface area (Å²) in [6, 6.07) is 29.2. The zero-order valence-corrected chi connectivity index (χ0v) is 26.1. The van der Waals surface area contributed by atoms with E-state index in [1.165, 1.54) is 17.0 Å². The van der Waals surface area contributed by atoms with E-state index in [9.17, 15) is 18.0 Å². The number of anilines is 1. The number of hydrogen-bond donors (Lipinski definition) is 1. The van der Waals surface area contributed by atoms with Gasteiger partial charge in [0.05, 0.1) is 10.6 Å². The third kappa shape index (κ3) is 8.03. The van der Waals surface area contributed by atoms with Crippen molar-refractivity contribution in [1.29, 1.82) is 0 Å². The first-order valence-corrected chi connectivity index (χ1v) is 15.9. The maximum absolute atomic E-state index is 14.4. The van der Waals surface area contributed by atoms with Crippen molar-refractivity contribution in [3.8, 4) is 0 Å². The molecule has 9 heteroatoms. The fourth-order valence-electron chi connectivity index (χ4n) is 4.82. The highest BCUT2D eigenvalue weighted by atomic mass is 35.5. The molecule has 0 heterocycles. The molecule has 0 spiro atoms. The van der Waals surface area contributed by atoms with Crippen LogP contribution >= 0.6 is 11.6 Å². The van der Waals surface area contributed by atoms with Crippen LogP contribution < -0.4 is 9.62 Å². The standard InChI is InChI=1S/C34H36ClN3O4S/c1-4-36-34(40)32(21-27-11-7-5-8-12-27)37(23-28-18-15-25(2)16-19-28)33(39)24-38(31-22-29(35)20-17-26(31)3)43(41,42)30-13-9-6-10-14-30/h5-20,22,32H,4,21,23-24H2,1-3H3,(H,36,40)/t32-/m1/s1. The molecule has 0 aromatic heterocycles. The fraction of sp³-hybridized carbons (Fsp3) is 0.235. The third-order valence-corrected chi connectivity index (χ3v) is 9.15. The smallest absolute Gasteiger partial charge is 0.264 e. The Hall–Kier alpha value is -4.14. The Morgan fingerprint density at radius 3 is 2.09 bits per heavy atom.